The van der Waals surface area contributed by atoms with Gasteiger partial charge < -0.3 is 20.4 Å². The number of hydrogen-bond acceptors (Lipinski definition) is 4. The van der Waals surface area contributed by atoms with Gasteiger partial charge in [-0.3, -0.25) is 4.79 Å². The normalized spacial score (nSPS) is 10.9. The predicted molar refractivity (Wildman–Crippen MR) is 98.0 cm³/mol. The number of allylic oxidation sites excluding steroid dienone is 2. The molecule has 0 aromatic rings. The summed E-state index contributed by atoms with van der Waals surface area (Å²) in [6.45, 7) is 1.51. The minimum atomic E-state index is -0.954. The van der Waals surface area contributed by atoms with Gasteiger partial charge in [0.1, 0.15) is 6.10 Å². The molecule has 0 aliphatic heterocycles. The minimum Gasteiger partial charge on any atom is -0.481 e. The first kappa shape index (κ1) is 25.3. The molecule has 0 atom stereocenters. The molecule has 0 rings (SSSR count). The van der Waals surface area contributed by atoms with E-state index in [0.717, 1.165) is 12.8 Å². The van der Waals surface area contributed by atoms with Gasteiger partial charge in [-0.1, -0.05) is 57.6 Å². The fourth-order valence-electron chi connectivity index (χ4n) is 2.05. The van der Waals surface area contributed by atoms with Crippen LogP contribution in [0.5, 0.6) is 0 Å². The Morgan fingerprint density at radius 1 is 0.833 bits per heavy atom. The molecule has 0 aliphatic rings. The SMILES string of the molecule is CCCCCC/C=C\CCCCCCCC(=O)O.OCC(O)CO. The van der Waals surface area contributed by atoms with E-state index >= 15 is 0 Å². The average molecular weight is 347 g/mol. The number of aliphatic carboxylic acids is 1. The maximum Gasteiger partial charge on any atom is 0.303 e. The number of rotatable bonds is 15. The summed E-state index contributed by atoms with van der Waals surface area (Å²) in [5, 5.41) is 32.5. The Labute approximate surface area is 147 Å². The van der Waals surface area contributed by atoms with Crippen molar-refractivity contribution in [1.29, 1.82) is 0 Å². The quantitative estimate of drug-likeness (QED) is 0.268. The van der Waals surface area contributed by atoms with Gasteiger partial charge in [0.05, 0.1) is 13.2 Å². The lowest BCUT2D eigenvalue weighted by molar-refractivity contribution is -0.137. The molecule has 144 valence electrons. The standard InChI is InChI=1S/C16H30O2.C3H8O3/c1-2-3-4-5-6-7-8-9-10-11-12-13-14-15-16(17)18;4-1-3(6)2-5/h7-8H,2-6,9-15H2,1H3,(H,17,18);3-6H,1-2H2/b8-7-;. The Kier molecular flexibility index (Phi) is 23.3. The Bertz CT molecular complexity index is 275. The Morgan fingerprint density at radius 3 is 1.71 bits per heavy atom. The van der Waals surface area contributed by atoms with Gasteiger partial charge in [-0.25, -0.2) is 0 Å². The molecule has 0 fully saturated rings. The molecule has 0 aromatic carbocycles. The van der Waals surface area contributed by atoms with E-state index in [1.807, 2.05) is 0 Å². The highest BCUT2D eigenvalue weighted by molar-refractivity contribution is 5.66. The van der Waals surface area contributed by atoms with Crippen molar-refractivity contribution in [2.24, 2.45) is 0 Å². The van der Waals surface area contributed by atoms with Crippen molar-refractivity contribution in [2.75, 3.05) is 13.2 Å². The van der Waals surface area contributed by atoms with Crippen LogP contribution in [0, 0.1) is 0 Å². The van der Waals surface area contributed by atoms with Crippen molar-refractivity contribution in [2.45, 2.75) is 90.1 Å². The molecule has 5 nitrogen and oxygen atoms in total. The fourth-order valence-corrected chi connectivity index (χ4v) is 2.05. The summed E-state index contributed by atoms with van der Waals surface area (Å²) in [4.78, 5) is 10.3. The molecule has 0 bridgehead atoms. The minimum absolute atomic E-state index is 0.331. The summed E-state index contributed by atoms with van der Waals surface area (Å²) in [6, 6.07) is 0. The van der Waals surface area contributed by atoms with Gasteiger partial charge in [0.25, 0.3) is 0 Å². The number of unbranched alkanes of at least 4 members (excludes halogenated alkanes) is 9. The van der Waals surface area contributed by atoms with E-state index in [-0.39, 0.29) is 13.2 Å². The Morgan fingerprint density at radius 2 is 1.29 bits per heavy atom. The van der Waals surface area contributed by atoms with Crippen LogP contribution in [0.25, 0.3) is 0 Å². The molecule has 0 radical (unpaired) electrons. The average Bonchev–Trinajstić information content (AvgIpc) is 2.58. The highest BCUT2D eigenvalue weighted by atomic mass is 16.4. The van der Waals surface area contributed by atoms with Crippen molar-refractivity contribution in [3.8, 4) is 0 Å². The third-order valence-corrected chi connectivity index (χ3v) is 3.57. The fraction of sp³-hybridized carbons (Fsp3) is 0.842. The zero-order valence-electron chi connectivity index (χ0n) is 15.3. The molecule has 0 unspecified atom stereocenters. The van der Waals surface area contributed by atoms with E-state index in [2.05, 4.69) is 19.1 Å². The molecule has 5 heteroatoms. The highest BCUT2D eigenvalue weighted by Gasteiger charge is 1.96. The smallest absolute Gasteiger partial charge is 0.303 e. The maximum atomic E-state index is 10.3. The monoisotopic (exact) mass is 346 g/mol. The molecule has 0 aromatic heterocycles. The highest BCUT2D eigenvalue weighted by Crippen LogP contribution is 2.08. The van der Waals surface area contributed by atoms with Crippen molar-refractivity contribution in [3.05, 3.63) is 12.2 Å². The van der Waals surface area contributed by atoms with E-state index < -0.39 is 12.1 Å². The summed E-state index contributed by atoms with van der Waals surface area (Å²) < 4.78 is 0. The Balaban J connectivity index is 0. The lowest BCUT2D eigenvalue weighted by Gasteiger charge is -1.98. The van der Waals surface area contributed by atoms with Gasteiger partial charge >= 0.3 is 5.97 Å². The second-order valence-electron chi connectivity index (χ2n) is 6.04. The second-order valence-corrected chi connectivity index (χ2v) is 6.04. The van der Waals surface area contributed by atoms with E-state index in [1.165, 1.54) is 57.8 Å². The maximum absolute atomic E-state index is 10.3. The number of carboxylic acid groups (broad SMARTS) is 1. The number of hydrogen-bond donors (Lipinski definition) is 4. The lowest BCUT2D eigenvalue weighted by atomic mass is 10.1. The van der Waals surface area contributed by atoms with Crippen LogP contribution in [0.15, 0.2) is 12.2 Å². The van der Waals surface area contributed by atoms with Gasteiger partial charge in [0, 0.05) is 6.42 Å². The molecule has 0 saturated carbocycles. The molecule has 0 amide bonds. The summed E-state index contributed by atoms with van der Waals surface area (Å²) >= 11 is 0. The first-order valence-corrected chi connectivity index (χ1v) is 9.35. The number of aliphatic hydroxyl groups excluding tert-OH is 3. The van der Waals surface area contributed by atoms with Crippen LogP contribution in [-0.2, 0) is 4.79 Å². The third-order valence-electron chi connectivity index (χ3n) is 3.57. The molecule has 0 heterocycles. The van der Waals surface area contributed by atoms with Crippen LogP contribution in [-0.4, -0.2) is 45.7 Å². The molecular formula is C19H38O5. The van der Waals surface area contributed by atoms with Crippen LogP contribution in [0.1, 0.15) is 84.0 Å². The molecule has 0 aliphatic carbocycles. The number of aliphatic hydroxyl groups is 3. The summed E-state index contributed by atoms with van der Waals surface area (Å²) in [5.74, 6) is -0.666. The van der Waals surface area contributed by atoms with E-state index in [1.54, 1.807) is 0 Å². The molecule has 0 saturated heterocycles. The first-order chi connectivity index (χ1) is 11.6. The zero-order chi connectivity index (χ0) is 18.5. The van der Waals surface area contributed by atoms with Crippen LogP contribution in [0.2, 0.25) is 0 Å². The van der Waals surface area contributed by atoms with Crippen molar-refractivity contribution < 1.29 is 25.2 Å². The number of carboxylic acids is 1. The molecular weight excluding hydrogens is 308 g/mol. The van der Waals surface area contributed by atoms with E-state index in [4.69, 9.17) is 20.4 Å². The van der Waals surface area contributed by atoms with Gasteiger partial charge in [-0.15, -0.1) is 0 Å². The summed E-state index contributed by atoms with van der Waals surface area (Å²) in [6.07, 6.45) is 17.4. The molecule has 4 N–H and O–H groups in total. The predicted octanol–water partition coefficient (Wildman–Crippen LogP) is 3.66. The molecule has 24 heavy (non-hydrogen) atoms. The molecule has 0 spiro atoms. The van der Waals surface area contributed by atoms with Gasteiger partial charge in [-0.05, 0) is 32.1 Å². The van der Waals surface area contributed by atoms with Gasteiger partial charge in [-0.2, -0.15) is 0 Å². The van der Waals surface area contributed by atoms with Crippen molar-refractivity contribution >= 4 is 5.97 Å². The van der Waals surface area contributed by atoms with Crippen molar-refractivity contribution in [1.82, 2.24) is 0 Å². The topological polar surface area (TPSA) is 98.0 Å². The van der Waals surface area contributed by atoms with Crippen LogP contribution in [0.4, 0.5) is 0 Å². The van der Waals surface area contributed by atoms with Crippen LogP contribution >= 0.6 is 0 Å². The zero-order valence-corrected chi connectivity index (χ0v) is 15.3. The number of carbonyl (C=O) groups is 1. The van der Waals surface area contributed by atoms with Crippen molar-refractivity contribution in [3.63, 3.8) is 0 Å². The van der Waals surface area contributed by atoms with Gasteiger partial charge in [0.15, 0.2) is 0 Å². The van der Waals surface area contributed by atoms with Crippen LogP contribution in [0.3, 0.4) is 0 Å². The first-order valence-electron chi connectivity index (χ1n) is 9.35. The van der Waals surface area contributed by atoms with Crippen LogP contribution < -0.4 is 0 Å². The summed E-state index contributed by atoms with van der Waals surface area (Å²) in [7, 11) is 0. The lowest BCUT2D eigenvalue weighted by Crippen LogP contribution is -2.15. The van der Waals surface area contributed by atoms with E-state index in [9.17, 15) is 4.79 Å². The second kappa shape index (κ2) is 22.1. The van der Waals surface area contributed by atoms with E-state index in [0.29, 0.717) is 6.42 Å². The largest absolute Gasteiger partial charge is 0.481 e. The Hall–Kier alpha value is -0.910. The van der Waals surface area contributed by atoms with Gasteiger partial charge in [0.2, 0.25) is 0 Å². The summed E-state index contributed by atoms with van der Waals surface area (Å²) in [5.41, 5.74) is 0. The third kappa shape index (κ3) is 26.0.